The van der Waals surface area contributed by atoms with Gasteiger partial charge in [0.05, 0.1) is 18.6 Å². The van der Waals surface area contributed by atoms with Crippen LogP contribution in [0.4, 0.5) is 5.69 Å². The van der Waals surface area contributed by atoms with Crippen molar-refractivity contribution in [2.24, 2.45) is 0 Å². The number of ether oxygens (including phenoxy) is 1. The van der Waals surface area contributed by atoms with Crippen LogP contribution in [0.5, 0.6) is 0 Å². The van der Waals surface area contributed by atoms with Crippen LogP contribution in [0.2, 0.25) is 5.02 Å². The van der Waals surface area contributed by atoms with Gasteiger partial charge >= 0.3 is 5.97 Å². The second-order valence-electron chi connectivity index (χ2n) is 7.07. The van der Waals surface area contributed by atoms with E-state index in [1.165, 1.54) is 31.3 Å². The van der Waals surface area contributed by atoms with Gasteiger partial charge in [0.2, 0.25) is 5.91 Å². The van der Waals surface area contributed by atoms with E-state index in [-0.39, 0.29) is 23.3 Å². The van der Waals surface area contributed by atoms with E-state index in [4.69, 9.17) is 16.3 Å². The highest BCUT2D eigenvalue weighted by atomic mass is 35.5. The minimum atomic E-state index is -0.527. The summed E-state index contributed by atoms with van der Waals surface area (Å²) in [6.07, 6.45) is 7.14. The van der Waals surface area contributed by atoms with Gasteiger partial charge in [-0.25, -0.2) is 0 Å². The van der Waals surface area contributed by atoms with Crippen molar-refractivity contribution < 1.29 is 19.1 Å². The summed E-state index contributed by atoms with van der Waals surface area (Å²) in [5, 5.41) is 0.520. The van der Waals surface area contributed by atoms with E-state index in [1.54, 1.807) is 19.1 Å². The number of benzene rings is 1. The smallest absolute Gasteiger partial charge is 0.325 e. The number of carbonyl (C=O) groups excluding carboxylic acids is 3. The number of rotatable bonds is 12. The summed E-state index contributed by atoms with van der Waals surface area (Å²) in [6, 6.07) is 3.56. The molecule has 7 heteroatoms. The summed E-state index contributed by atoms with van der Waals surface area (Å²) in [5.74, 6) is -0.859. The number of methoxy groups -OCH3 is 1. The Hall–Kier alpha value is -1.53. The van der Waals surface area contributed by atoms with Crippen LogP contribution in [0.3, 0.4) is 0 Å². The molecule has 1 aromatic rings. The predicted octanol–water partition coefficient (Wildman–Crippen LogP) is 5.47. The quantitative estimate of drug-likeness (QED) is 0.317. The van der Waals surface area contributed by atoms with E-state index >= 15 is 0 Å². The molecule has 1 amide bonds. The molecule has 0 N–H and O–H groups in total. The van der Waals surface area contributed by atoms with E-state index in [0.29, 0.717) is 22.7 Å². The van der Waals surface area contributed by atoms with E-state index in [1.807, 2.05) is 6.92 Å². The highest BCUT2D eigenvalue weighted by Gasteiger charge is 2.24. The third kappa shape index (κ3) is 8.79. The summed E-state index contributed by atoms with van der Waals surface area (Å²) < 4.78 is 4.74. The molecule has 0 aliphatic rings. The highest BCUT2D eigenvalue weighted by molar-refractivity contribution is 8.14. The number of esters is 1. The van der Waals surface area contributed by atoms with Crippen molar-refractivity contribution in [1.82, 2.24) is 0 Å². The van der Waals surface area contributed by atoms with Crippen molar-refractivity contribution in [1.29, 1.82) is 0 Å². The Kier molecular flexibility index (Phi) is 12.0. The Morgan fingerprint density at radius 2 is 1.72 bits per heavy atom. The van der Waals surface area contributed by atoms with Crippen molar-refractivity contribution in [3.8, 4) is 0 Å². The van der Waals surface area contributed by atoms with Gasteiger partial charge in [-0.2, -0.15) is 0 Å². The first-order valence-corrected chi connectivity index (χ1v) is 11.5. The summed E-state index contributed by atoms with van der Waals surface area (Å²) in [5.41, 5.74) is 2.14. The van der Waals surface area contributed by atoms with Crippen LogP contribution in [0.15, 0.2) is 12.1 Å². The molecule has 0 spiro atoms. The first kappa shape index (κ1) is 25.5. The molecular weight excluding hydrogens is 410 g/mol. The molecule has 0 bridgehead atoms. The van der Waals surface area contributed by atoms with Crippen LogP contribution >= 0.6 is 23.4 Å². The summed E-state index contributed by atoms with van der Waals surface area (Å²) >= 11 is 7.23. The number of halogens is 1. The zero-order chi connectivity index (χ0) is 21.8. The van der Waals surface area contributed by atoms with Crippen LogP contribution in [0.1, 0.15) is 63.0 Å². The van der Waals surface area contributed by atoms with Crippen molar-refractivity contribution in [2.45, 2.75) is 65.7 Å². The van der Waals surface area contributed by atoms with Gasteiger partial charge in [0.25, 0.3) is 0 Å². The molecule has 1 aromatic carbocycles. The third-order valence-electron chi connectivity index (χ3n) is 4.74. The number of unbranched alkanes of at least 4 members (excludes halogenated alkanes) is 5. The lowest BCUT2D eigenvalue weighted by Gasteiger charge is -2.25. The van der Waals surface area contributed by atoms with Crippen molar-refractivity contribution in [3.63, 3.8) is 0 Å². The van der Waals surface area contributed by atoms with Crippen LogP contribution in [-0.2, 0) is 19.1 Å². The van der Waals surface area contributed by atoms with Gasteiger partial charge in [-0.1, -0.05) is 68.5 Å². The SMILES string of the molecule is CCCCCCCCC(=O)SCC(=O)N(CC(=O)OC)c1c(C)ccc(Cl)c1C. The number of aryl methyl sites for hydroxylation is 1. The lowest BCUT2D eigenvalue weighted by Crippen LogP contribution is -2.38. The van der Waals surface area contributed by atoms with Crippen LogP contribution in [0.25, 0.3) is 0 Å². The third-order valence-corrected chi connectivity index (χ3v) is 6.07. The van der Waals surface area contributed by atoms with Gasteiger partial charge < -0.3 is 4.74 Å². The fraction of sp³-hybridized carbons (Fsp3) is 0.591. The van der Waals surface area contributed by atoms with Crippen molar-refractivity contribution in [2.75, 3.05) is 24.3 Å². The zero-order valence-corrected chi connectivity index (χ0v) is 19.5. The minimum Gasteiger partial charge on any atom is -0.468 e. The first-order chi connectivity index (χ1) is 13.8. The van der Waals surface area contributed by atoms with Crippen LogP contribution in [-0.4, -0.2) is 36.4 Å². The van der Waals surface area contributed by atoms with Crippen LogP contribution in [0, 0.1) is 13.8 Å². The number of amides is 1. The molecule has 0 aromatic heterocycles. The van der Waals surface area contributed by atoms with E-state index < -0.39 is 5.97 Å². The molecular formula is C22H32ClNO4S. The van der Waals surface area contributed by atoms with Crippen molar-refractivity contribution in [3.05, 3.63) is 28.3 Å². The maximum absolute atomic E-state index is 12.9. The number of hydrogen-bond donors (Lipinski definition) is 0. The number of thioether (sulfide) groups is 1. The molecule has 29 heavy (non-hydrogen) atoms. The summed E-state index contributed by atoms with van der Waals surface area (Å²) in [6.45, 7) is 5.61. The van der Waals surface area contributed by atoms with Gasteiger partial charge in [0, 0.05) is 11.4 Å². The Balaban J connectivity index is 2.71. The van der Waals surface area contributed by atoms with E-state index in [2.05, 4.69) is 6.92 Å². The van der Waals surface area contributed by atoms with Gasteiger partial charge in [0.15, 0.2) is 5.12 Å². The molecule has 0 atom stereocenters. The topological polar surface area (TPSA) is 63.7 Å². The predicted molar refractivity (Wildman–Crippen MR) is 121 cm³/mol. The fourth-order valence-corrected chi connectivity index (χ4v) is 3.94. The Bertz CT molecular complexity index is 708. The van der Waals surface area contributed by atoms with Gasteiger partial charge in [-0.15, -0.1) is 0 Å². The van der Waals surface area contributed by atoms with E-state index in [0.717, 1.165) is 36.6 Å². The van der Waals surface area contributed by atoms with Gasteiger partial charge in [0.1, 0.15) is 6.54 Å². The van der Waals surface area contributed by atoms with Gasteiger partial charge in [-0.05, 0) is 37.5 Å². The fourth-order valence-electron chi connectivity index (χ4n) is 3.05. The molecule has 5 nitrogen and oxygen atoms in total. The van der Waals surface area contributed by atoms with E-state index in [9.17, 15) is 14.4 Å². The summed E-state index contributed by atoms with van der Waals surface area (Å²) in [4.78, 5) is 38.2. The lowest BCUT2D eigenvalue weighted by molar-refractivity contribution is -0.139. The molecule has 0 aliphatic carbocycles. The molecule has 0 heterocycles. The summed E-state index contributed by atoms with van der Waals surface area (Å²) in [7, 11) is 1.28. The first-order valence-electron chi connectivity index (χ1n) is 10.1. The van der Waals surface area contributed by atoms with Crippen molar-refractivity contribution >= 4 is 46.0 Å². The second-order valence-corrected chi connectivity index (χ2v) is 8.51. The Morgan fingerprint density at radius 1 is 1.07 bits per heavy atom. The molecule has 0 fully saturated rings. The maximum atomic E-state index is 12.9. The minimum absolute atomic E-state index is 0.00592. The highest BCUT2D eigenvalue weighted by Crippen LogP contribution is 2.31. The Labute approximate surface area is 183 Å². The Morgan fingerprint density at radius 3 is 2.38 bits per heavy atom. The molecule has 0 saturated heterocycles. The second kappa shape index (κ2) is 13.6. The molecule has 1 rings (SSSR count). The normalized spacial score (nSPS) is 10.7. The standard InChI is InChI=1S/C22H32ClNO4S/c1-5-6-7-8-9-10-11-21(27)29-15-19(25)24(14-20(26)28-4)22-16(2)12-13-18(23)17(22)3/h12-13H,5-11,14-15H2,1-4H3. The molecule has 0 saturated carbocycles. The zero-order valence-electron chi connectivity index (χ0n) is 17.9. The molecule has 0 radical (unpaired) electrons. The molecule has 0 unspecified atom stereocenters. The average Bonchev–Trinajstić information content (AvgIpc) is 2.70. The largest absolute Gasteiger partial charge is 0.468 e. The maximum Gasteiger partial charge on any atom is 0.325 e. The number of anilines is 1. The average molecular weight is 442 g/mol. The number of carbonyl (C=O) groups is 3. The number of nitrogens with zero attached hydrogens (tertiary/aromatic N) is 1. The molecule has 0 aliphatic heterocycles. The lowest BCUT2D eigenvalue weighted by atomic mass is 10.1. The molecule has 162 valence electrons. The number of hydrogen-bond acceptors (Lipinski definition) is 5. The van der Waals surface area contributed by atoms with Crippen LogP contribution < -0.4 is 4.90 Å². The van der Waals surface area contributed by atoms with Gasteiger partial charge in [-0.3, -0.25) is 19.3 Å². The monoisotopic (exact) mass is 441 g/mol.